The summed E-state index contributed by atoms with van der Waals surface area (Å²) in [5.41, 5.74) is 6.04. The van der Waals surface area contributed by atoms with E-state index in [-0.39, 0.29) is 12.1 Å². The molecule has 0 spiro atoms. The lowest BCUT2D eigenvalue weighted by Crippen LogP contribution is -2.28. The van der Waals surface area contributed by atoms with Gasteiger partial charge in [0, 0.05) is 10.9 Å². The van der Waals surface area contributed by atoms with Crippen LogP contribution in [0.4, 0.5) is 0 Å². The van der Waals surface area contributed by atoms with Gasteiger partial charge in [-0.25, -0.2) is 0 Å². The highest BCUT2D eigenvalue weighted by atomic mass is 32.1. The van der Waals surface area contributed by atoms with Gasteiger partial charge in [0.2, 0.25) is 0 Å². The average Bonchev–Trinajstić information content (AvgIpc) is 2.86. The van der Waals surface area contributed by atoms with Crippen LogP contribution in [0.15, 0.2) is 17.5 Å². The third kappa shape index (κ3) is 5.09. The summed E-state index contributed by atoms with van der Waals surface area (Å²) in [6.45, 7) is 7.34. The molecule has 18 heavy (non-hydrogen) atoms. The van der Waals surface area contributed by atoms with E-state index in [9.17, 15) is 0 Å². The molecule has 1 heterocycles. The smallest absolute Gasteiger partial charge is 0.106 e. The van der Waals surface area contributed by atoms with Crippen molar-refractivity contribution >= 4 is 11.3 Å². The Morgan fingerprint density at radius 3 is 2.67 bits per heavy atom. The number of unbranched alkanes of at least 4 members (excludes halogenated alkanes) is 1. The summed E-state index contributed by atoms with van der Waals surface area (Å²) in [5.74, 6) is 0.672. The highest BCUT2D eigenvalue weighted by Crippen LogP contribution is 2.26. The summed E-state index contributed by atoms with van der Waals surface area (Å²) < 4.78 is 6.08. The number of nitrogens with two attached hydrogens (primary N) is 1. The van der Waals surface area contributed by atoms with Gasteiger partial charge < -0.3 is 10.5 Å². The molecule has 0 aromatic carbocycles. The van der Waals surface area contributed by atoms with Crippen molar-refractivity contribution in [2.24, 2.45) is 11.7 Å². The van der Waals surface area contributed by atoms with Crippen LogP contribution in [0, 0.1) is 5.92 Å². The molecule has 1 aromatic rings. The molecular weight excluding hydrogens is 242 g/mol. The normalized spacial score (nSPS) is 16.4. The zero-order chi connectivity index (χ0) is 13.4. The van der Waals surface area contributed by atoms with Crippen LogP contribution in [0.25, 0.3) is 0 Å². The summed E-state index contributed by atoms with van der Waals surface area (Å²) in [6, 6.07) is 4.23. The van der Waals surface area contributed by atoms with Crippen molar-refractivity contribution in [3.63, 3.8) is 0 Å². The molecule has 3 unspecified atom stereocenters. The molecule has 3 atom stereocenters. The number of rotatable bonds is 9. The molecule has 0 saturated carbocycles. The maximum atomic E-state index is 6.08. The Morgan fingerprint density at radius 2 is 2.17 bits per heavy atom. The lowest BCUT2D eigenvalue weighted by molar-refractivity contribution is 0.0148. The molecule has 0 amide bonds. The average molecular weight is 269 g/mol. The van der Waals surface area contributed by atoms with Crippen molar-refractivity contribution in [1.29, 1.82) is 0 Å². The van der Waals surface area contributed by atoms with Gasteiger partial charge in [0.1, 0.15) is 6.10 Å². The van der Waals surface area contributed by atoms with Crippen molar-refractivity contribution < 1.29 is 4.74 Å². The van der Waals surface area contributed by atoms with Gasteiger partial charge in [-0.15, -0.1) is 11.3 Å². The third-order valence-corrected chi connectivity index (χ3v) is 4.29. The lowest BCUT2D eigenvalue weighted by atomic mass is 10.0. The zero-order valence-corrected chi connectivity index (χ0v) is 12.7. The Balaban J connectivity index is 2.46. The Morgan fingerprint density at radius 1 is 1.39 bits per heavy atom. The van der Waals surface area contributed by atoms with Gasteiger partial charge in [0.05, 0.1) is 6.61 Å². The molecule has 0 fully saturated rings. The molecule has 0 radical (unpaired) electrons. The van der Waals surface area contributed by atoms with Crippen LogP contribution < -0.4 is 5.73 Å². The summed E-state index contributed by atoms with van der Waals surface area (Å²) in [5, 5.41) is 2.09. The SMILES string of the molecule is CCCCC(CC)COC(c1cccs1)C(C)N. The predicted molar refractivity (Wildman–Crippen MR) is 80.0 cm³/mol. The molecule has 0 saturated heterocycles. The molecule has 3 heteroatoms. The van der Waals surface area contributed by atoms with E-state index in [2.05, 4.69) is 31.4 Å². The van der Waals surface area contributed by atoms with Gasteiger partial charge in [-0.1, -0.05) is 39.2 Å². The van der Waals surface area contributed by atoms with Crippen LogP contribution in [0.2, 0.25) is 0 Å². The van der Waals surface area contributed by atoms with Gasteiger partial charge in [0.15, 0.2) is 0 Å². The van der Waals surface area contributed by atoms with Gasteiger partial charge in [-0.3, -0.25) is 0 Å². The fraction of sp³-hybridized carbons (Fsp3) is 0.733. The highest BCUT2D eigenvalue weighted by molar-refractivity contribution is 7.10. The Labute approximate surface area is 116 Å². The van der Waals surface area contributed by atoms with Crippen LogP contribution in [-0.2, 0) is 4.74 Å². The van der Waals surface area contributed by atoms with E-state index in [0.717, 1.165) is 6.61 Å². The van der Waals surface area contributed by atoms with E-state index < -0.39 is 0 Å². The van der Waals surface area contributed by atoms with E-state index in [1.165, 1.54) is 30.6 Å². The zero-order valence-electron chi connectivity index (χ0n) is 11.9. The highest BCUT2D eigenvalue weighted by Gasteiger charge is 2.19. The predicted octanol–water partition coefficient (Wildman–Crippen LogP) is 4.37. The topological polar surface area (TPSA) is 35.2 Å². The van der Waals surface area contributed by atoms with Crippen LogP contribution in [0.3, 0.4) is 0 Å². The van der Waals surface area contributed by atoms with E-state index in [1.54, 1.807) is 11.3 Å². The van der Waals surface area contributed by atoms with Crippen LogP contribution in [-0.4, -0.2) is 12.6 Å². The minimum Gasteiger partial charge on any atom is -0.371 e. The molecule has 2 N–H and O–H groups in total. The second-order valence-corrected chi connectivity index (χ2v) is 6.02. The standard InChI is InChI=1S/C15H27NOS/c1-4-6-8-13(5-2)11-17-15(12(3)16)14-9-7-10-18-14/h7,9-10,12-13,15H,4-6,8,11,16H2,1-3H3. The van der Waals surface area contributed by atoms with E-state index in [0.29, 0.717) is 5.92 Å². The molecule has 0 aliphatic carbocycles. The van der Waals surface area contributed by atoms with Gasteiger partial charge >= 0.3 is 0 Å². The van der Waals surface area contributed by atoms with E-state index >= 15 is 0 Å². The summed E-state index contributed by atoms with van der Waals surface area (Å²) in [6.07, 6.45) is 5.07. The largest absolute Gasteiger partial charge is 0.371 e. The molecular formula is C15H27NOS. The fourth-order valence-electron chi connectivity index (χ4n) is 2.08. The Kier molecular flexibility index (Phi) is 7.56. The molecule has 0 bridgehead atoms. The number of ether oxygens (including phenoxy) is 1. The summed E-state index contributed by atoms with van der Waals surface area (Å²) in [4.78, 5) is 1.25. The molecule has 2 nitrogen and oxygen atoms in total. The van der Waals surface area contributed by atoms with E-state index in [4.69, 9.17) is 10.5 Å². The Bertz CT molecular complexity index is 297. The van der Waals surface area contributed by atoms with Crippen LogP contribution >= 0.6 is 11.3 Å². The number of thiophene rings is 1. The van der Waals surface area contributed by atoms with Crippen LogP contribution in [0.1, 0.15) is 57.4 Å². The number of hydrogen-bond donors (Lipinski definition) is 1. The second kappa shape index (κ2) is 8.68. The van der Waals surface area contributed by atoms with Crippen LogP contribution in [0.5, 0.6) is 0 Å². The first-order chi connectivity index (χ1) is 8.69. The maximum Gasteiger partial charge on any atom is 0.106 e. The second-order valence-electron chi connectivity index (χ2n) is 5.04. The van der Waals surface area contributed by atoms with E-state index in [1.807, 2.05) is 6.92 Å². The first-order valence-electron chi connectivity index (χ1n) is 7.09. The first-order valence-corrected chi connectivity index (χ1v) is 7.97. The third-order valence-electron chi connectivity index (χ3n) is 3.36. The van der Waals surface area contributed by atoms with Crippen molar-refractivity contribution in [2.75, 3.05) is 6.61 Å². The fourth-order valence-corrected chi connectivity index (χ4v) is 2.97. The minimum absolute atomic E-state index is 0.0485. The Hall–Kier alpha value is -0.380. The summed E-state index contributed by atoms with van der Waals surface area (Å²) >= 11 is 1.73. The molecule has 104 valence electrons. The molecule has 1 rings (SSSR count). The molecule has 0 aliphatic rings. The quantitative estimate of drug-likeness (QED) is 0.722. The monoisotopic (exact) mass is 269 g/mol. The molecule has 0 aliphatic heterocycles. The van der Waals surface area contributed by atoms with Crippen molar-refractivity contribution in [2.45, 2.75) is 58.6 Å². The van der Waals surface area contributed by atoms with Gasteiger partial charge in [-0.05, 0) is 30.7 Å². The van der Waals surface area contributed by atoms with Crippen molar-refractivity contribution in [3.8, 4) is 0 Å². The van der Waals surface area contributed by atoms with Gasteiger partial charge in [0.25, 0.3) is 0 Å². The molecule has 1 aromatic heterocycles. The first kappa shape index (κ1) is 15.7. The maximum absolute atomic E-state index is 6.08. The lowest BCUT2D eigenvalue weighted by Gasteiger charge is -2.23. The minimum atomic E-state index is 0.0485. The van der Waals surface area contributed by atoms with Crippen molar-refractivity contribution in [3.05, 3.63) is 22.4 Å². The van der Waals surface area contributed by atoms with Crippen molar-refractivity contribution in [1.82, 2.24) is 0 Å². The number of hydrogen-bond acceptors (Lipinski definition) is 3. The van der Waals surface area contributed by atoms with Gasteiger partial charge in [-0.2, -0.15) is 0 Å². The summed E-state index contributed by atoms with van der Waals surface area (Å²) in [7, 11) is 0.